The standard InChI is InChI=1S/C34H27N3S/c1-22-20-27(21-29-28-14-8-9-15-30(28)38-31(22)29)34-36-32(25-12-6-3-7-13-25)35-33(37-34)26-18-16-24(17-19-26)23-10-4-2-5-11-23/h3-4,6-7,9-13,15-21H,2,5,8,14H2,1H3. The third-order valence-electron chi connectivity index (χ3n) is 7.34. The van der Waals surface area contributed by atoms with Gasteiger partial charge in [-0.2, -0.15) is 0 Å². The molecule has 0 N–H and O–H groups in total. The molecule has 2 aliphatic rings. The van der Waals surface area contributed by atoms with Crippen LogP contribution in [0.25, 0.3) is 55.9 Å². The summed E-state index contributed by atoms with van der Waals surface area (Å²) in [6.07, 6.45) is 15.7. The first-order valence-corrected chi connectivity index (χ1v) is 14.1. The molecule has 0 unspecified atom stereocenters. The molecule has 0 spiro atoms. The molecule has 0 fully saturated rings. The normalized spacial score (nSPS) is 14.5. The van der Waals surface area contributed by atoms with Gasteiger partial charge >= 0.3 is 0 Å². The lowest BCUT2D eigenvalue weighted by molar-refractivity contribution is 1.01. The molecular weight excluding hydrogens is 482 g/mol. The van der Waals surface area contributed by atoms with Gasteiger partial charge in [-0.15, -0.1) is 11.3 Å². The molecule has 0 radical (unpaired) electrons. The van der Waals surface area contributed by atoms with Gasteiger partial charge < -0.3 is 0 Å². The second-order valence-corrected chi connectivity index (χ2v) is 11.0. The van der Waals surface area contributed by atoms with Crippen LogP contribution >= 0.6 is 11.3 Å². The number of nitrogens with zero attached hydrogens (tertiary/aromatic N) is 3. The second kappa shape index (κ2) is 9.62. The Bertz CT molecular complexity index is 1760. The lowest BCUT2D eigenvalue weighted by atomic mass is 9.98. The lowest BCUT2D eigenvalue weighted by Gasteiger charge is -2.11. The minimum Gasteiger partial charge on any atom is -0.208 e. The minimum absolute atomic E-state index is 0.695. The van der Waals surface area contributed by atoms with Crippen LogP contribution < -0.4 is 0 Å². The number of thiophene rings is 1. The molecule has 3 aromatic carbocycles. The summed E-state index contributed by atoms with van der Waals surface area (Å²) in [6.45, 7) is 2.20. The van der Waals surface area contributed by atoms with Crippen LogP contribution in [0.15, 0.2) is 91.0 Å². The molecule has 184 valence electrons. The van der Waals surface area contributed by atoms with Crippen molar-refractivity contribution in [2.75, 3.05) is 0 Å². The summed E-state index contributed by atoms with van der Waals surface area (Å²) in [4.78, 5) is 16.3. The summed E-state index contributed by atoms with van der Waals surface area (Å²) >= 11 is 1.89. The molecule has 5 aromatic rings. The van der Waals surface area contributed by atoms with Gasteiger partial charge in [0.2, 0.25) is 0 Å². The number of hydrogen-bond donors (Lipinski definition) is 0. The summed E-state index contributed by atoms with van der Waals surface area (Å²) in [6, 6.07) is 23.3. The Hall–Kier alpha value is -4.15. The molecule has 0 saturated carbocycles. The molecule has 0 atom stereocenters. The highest BCUT2D eigenvalue weighted by molar-refractivity contribution is 7.20. The first-order valence-electron chi connectivity index (χ1n) is 13.2. The summed E-state index contributed by atoms with van der Waals surface area (Å²) < 4.78 is 1.37. The van der Waals surface area contributed by atoms with Gasteiger partial charge in [-0.25, -0.2) is 15.0 Å². The van der Waals surface area contributed by atoms with Crippen LogP contribution in [0.4, 0.5) is 0 Å². The number of hydrogen-bond acceptors (Lipinski definition) is 4. The predicted octanol–water partition coefficient (Wildman–Crippen LogP) is 9.09. The molecule has 0 saturated heterocycles. The first-order chi connectivity index (χ1) is 18.7. The number of aryl methyl sites for hydroxylation is 2. The van der Waals surface area contributed by atoms with Crippen LogP contribution in [0.5, 0.6) is 0 Å². The Morgan fingerprint density at radius 1 is 0.658 bits per heavy atom. The predicted molar refractivity (Wildman–Crippen MR) is 160 cm³/mol. The molecule has 3 nitrogen and oxygen atoms in total. The van der Waals surface area contributed by atoms with E-state index >= 15 is 0 Å². The summed E-state index contributed by atoms with van der Waals surface area (Å²) in [5.41, 5.74) is 8.25. The van der Waals surface area contributed by atoms with Gasteiger partial charge in [-0.3, -0.25) is 0 Å². The van der Waals surface area contributed by atoms with Crippen molar-refractivity contribution in [3.8, 4) is 34.2 Å². The SMILES string of the molecule is Cc1cc(-c2nc(-c3ccccc3)nc(-c3ccc(C4=CCCC=C4)cc3)n2)cc2c3c(sc12)C=CCC3. The summed E-state index contributed by atoms with van der Waals surface area (Å²) in [5, 5.41) is 1.34. The van der Waals surface area contributed by atoms with Crippen LogP contribution in [0, 0.1) is 6.92 Å². The van der Waals surface area contributed by atoms with Crippen LogP contribution in [-0.4, -0.2) is 15.0 Å². The fourth-order valence-corrected chi connectivity index (χ4v) is 6.60. The highest BCUT2D eigenvalue weighted by atomic mass is 32.1. The van der Waals surface area contributed by atoms with E-state index in [0.29, 0.717) is 17.5 Å². The highest BCUT2D eigenvalue weighted by Gasteiger charge is 2.18. The van der Waals surface area contributed by atoms with Crippen LogP contribution in [0.1, 0.15) is 40.8 Å². The van der Waals surface area contributed by atoms with E-state index in [2.05, 4.69) is 85.8 Å². The zero-order valence-electron chi connectivity index (χ0n) is 21.3. The molecule has 38 heavy (non-hydrogen) atoms. The molecule has 7 rings (SSSR count). The van der Waals surface area contributed by atoms with Gasteiger partial charge in [0.1, 0.15) is 0 Å². The van der Waals surface area contributed by atoms with E-state index in [1.165, 1.54) is 37.2 Å². The third kappa shape index (κ3) is 4.21. The van der Waals surface area contributed by atoms with E-state index in [1.54, 1.807) is 0 Å². The molecule has 0 aliphatic heterocycles. The molecule has 4 heteroatoms. The molecule has 2 aliphatic carbocycles. The number of fused-ring (bicyclic) bond motifs is 3. The lowest BCUT2D eigenvalue weighted by Crippen LogP contribution is -2.00. The monoisotopic (exact) mass is 509 g/mol. The van der Waals surface area contributed by atoms with Crippen LogP contribution in [0.3, 0.4) is 0 Å². The smallest absolute Gasteiger partial charge is 0.164 e. The van der Waals surface area contributed by atoms with Crippen molar-refractivity contribution in [3.63, 3.8) is 0 Å². The maximum atomic E-state index is 5.02. The van der Waals surface area contributed by atoms with Crippen molar-refractivity contribution in [1.29, 1.82) is 0 Å². The maximum absolute atomic E-state index is 5.02. The van der Waals surface area contributed by atoms with E-state index in [9.17, 15) is 0 Å². The van der Waals surface area contributed by atoms with Gasteiger partial charge in [-0.1, -0.05) is 78.9 Å². The Balaban J connectivity index is 1.37. The Morgan fingerprint density at radius 2 is 1.34 bits per heavy atom. The Kier molecular flexibility index (Phi) is 5.82. The van der Waals surface area contributed by atoms with Crippen molar-refractivity contribution >= 4 is 33.1 Å². The summed E-state index contributed by atoms with van der Waals surface area (Å²) in [5.74, 6) is 2.11. The van der Waals surface area contributed by atoms with Gasteiger partial charge in [0.15, 0.2) is 17.5 Å². The van der Waals surface area contributed by atoms with Gasteiger partial charge in [0, 0.05) is 26.3 Å². The number of benzene rings is 3. The second-order valence-electron chi connectivity index (χ2n) is 9.94. The van der Waals surface area contributed by atoms with Crippen LogP contribution in [0.2, 0.25) is 0 Å². The molecular formula is C34H27N3S. The quantitative estimate of drug-likeness (QED) is 0.242. The first kappa shape index (κ1) is 23.0. The fourth-order valence-electron chi connectivity index (χ4n) is 5.37. The Labute approximate surface area is 227 Å². The van der Waals surface area contributed by atoms with Gasteiger partial charge in [0.25, 0.3) is 0 Å². The number of allylic oxidation sites excluding steroid dienone is 5. The summed E-state index contributed by atoms with van der Waals surface area (Å²) in [7, 11) is 0. The van der Waals surface area contributed by atoms with E-state index in [0.717, 1.165) is 42.4 Å². The van der Waals surface area contributed by atoms with Crippen molar-refractivity contribution < 1.29 is 0 Å². The van der Waals surface area contributed by atoms with E-state index in [-0.39, 0.29) is 0 Å². The molecule has 0 amide bonds. The topological polar surface area (TPSA) is 38.7 Å². The zero-order chi connectivity index (χ0) is 25.5. The van der Waals surface area contributed by atoms with E-state index in [4.69, 9.17) is 15.0 Å². The van der Waals surface area contributed by atoms with Crippen LogP contribution in [-0.2, 0) is 6.42 Å². The van der Waals surface area contributed by atoms with Gasteiger partial charge in [0.05, 0.1) is 0 Å². The third-order valence-corrected chi connectivity index (χ3v) is 8.68. The number of aromatic nitrogens is 3. The molecule has 2 heterocycles. The molecule has 2 aromatic heterocycles. The average molecular weight is 510 g/mol. The van der Waals surface area contributed by atoms with Gasteiger partial charge in [-0.05, 0) is 78.5 Å². The molecule has 0 bridgehead atoms. The van der Waals surface area contributed by atoms with Crippen molar-refractivity contribution in [2.24, 2.45) is 0 Å². The average Bonchev–Trinajstić information content (AvgIpc) is 3.37. The zero-order valence-corrected chi connectivity index (χ0v) is 22.1. The highest BCUT2D eigenvalue weighted by Crippen LogP contribution is 2.39. The largest absolute Gasteiger partial charge is 0.208 e. The number of rotatable bonds is 4. The minimum atomic E-state index is 0.695. The van der Waals surface area contributed by atoms with Crippen molar-refractivity contribution in [3.05, 3.63) is 113 Å². The van der Waals surface area contributed by atoms with E-state index < -0.39 is 0 Å². The van der Waals surface area contributed by atoms with E-state index in [1.807, 2.05) is 29.5 Å². The van der Waals surface area contributed by atoms with Crippen molar-refractivity contribution in [1.82, 2.24) is 15.0 Å². The van der Waals surface area contributed by atoms with Crippen molar-refractivity contribution in [2.45, 2.75) is 32.6 Å². The maximum Gasteiger partial charge on any atom is 0.164 e. The Morgan fingerprint density at radius 3 is 2.08 bits per heavy atom. The fraction of sp³-hybridized carbons (Fsp3) is 0.147.